The van der Waals surface area contributed by atoms with Crippen LogP contribution in [0.5, 0.6) is 0 Å². The zero-order chi connectivity index (χ0) is 17.3. The van der Waals surface area contributed by atoms with Gasteiger partial charge in [-0.15, -0.1) is 0 Å². The molecular weight excluding hydrogens is 298 g/mol. The van der Waals surface area contributed by atoms with Gasteiger partial charge in [0.1, 0.15) is 5.58 Å². The Bertz CT molecular complexity index is 890. The fraction of sp³-hybridized carbons (Fsp3) is 0.286. The lowest BCUT2D eigenvalue weighted by molar-refractivity contribution is -0.115. The molecule has 0 fully saturated rings. The largest absolute Gasteiger partial charge is 0.464 e. The van der Waals surface area contributed by atoms with Crippen molar-refractivity contribution in [3.05, 3.63) is 64.9 Å². The van der Waals surface area contributed by atoms with Gasteiger partial charge in [-0.05, 0) is 54.7 Å². The van der Waals surface area contributed by atoms with Gasteiger partial charge in [-0.1, -0.05) is 32.0 Å². The molecule has 3 nitrogen and oxygen atoms in total. The fourth-order valence-electron chi connectivity index (χ4n) is 3.08. The monoisotopic (exact) mass is 321 g/mol. The van der Waals surface area contributed by atoms with Crippen molar-refractivity contribution >= 4 is 22.6 Å². The number of amides is 1. The highest BCUT2D eigenvalue weighted by molar-refractivity contribution is 5.96. The van der Waals surface area contributed by atoms with Gasteiger partial charge in [0.25, 0.3) is 0 Å². The molecule has 0 radical (unpaired) electrons. The number of hydrogen-bond donors (Lipinski definition) is 1. The van der Waals surface area contributed by atoms with E-state index in [1.807, 2.05) is 31.2 Å². The van der Waals surface area contributed by atoms with Crippen molar-refractivity contribution in [1.82, 2.24) is 0 Å². The highest BCUT2D eigenvalue weighted by atomic mass is 16.3. The second-order valence-electron chi connectivity index (χ2n) is 6.66. The van der Waals surface area contributed by atoms with E-state index < -0.39 is 0 Å². The summed E-state index contributed by atoms with van der Waals surface area (Å²) in [6.45, 7) is 8.44. The van der Waals surface area contributed by atoms with Crippen LogP contribution in [0.3, 0.4) is 0 Å². The number of carbonyl (C=O) groups is 1. The smallest absolute Gasteiger partial charge is 0.228 e. The first-order valence-corrected chi connectivity index (χ1v) is 8.32. The third-order valence-electron chi connectivity index (χ3n) is 4.43. The van der Waals surface area contributed by atoms with Crippen molar-refractivity contribution in [2.24, 2.45) is 0 Å². The molecule has 0 saturated carbocycles. The molecule has 1 amide bonds. The van der Waals surface area contributed by atoms with Crippen LogP contribution in [0.2, 0.25) is 0 Å². The van der Waals surface area contributed by atoms with E-state index in [2.05, 4.69) is 38.2 Å². The number of rotatable bonds is 4. The number of benzene rings is 2. The van der Waals surface area contributed by atoms with E-state index in [0.717, 1.165) is 27.8 Å². The number of nitrogens with one attached hydrogen (secondary N) is 1. The first-order valence-electron chi connectivity index (χ1n) is 8.32. The number of carbonyl (C=O) groups excluding carboxylic acids is 1. The quantitative estimate of drug-likeness (QED) is 0.703. The van der Waals surface area contributed by atoms with E-state index in [1.54, 1.807) is 6.26 Å². The third-order valence-corrected chi connectivity index (χ3v) is 4.43. The maximum atomic E-state index is 12.4. The Labute approximate surface area is 142 Å². The summed E-state index contributed by atoms with van der Waals surface area (Å²) in [4.78, 5) is 12.4. The zero-order valence-electron chi connectivity index (χ0n) is 14.6. The van der Waals surface area contributed by atoms with E-state index in [-0.39, 0.29) is 5.91 Å². The average molecular weight is 321 g/mol. The van der Waals surface area contributed by atoms with E-state index in [4.69, 9.17) is 4.42 Å². The molecule has 0 saturated heterocycles. The van der Waals surface area contributed by atoms with Crippen LogP contribution in [0, 0.1) is 13.8 Å². The molecule has 3 heteroatoms. The molecule has 1 heterocycles. The Kier molecular flexibility index (Phi) is 4.43. The first-order chi connectivity index (χ1) is 11.5. The summed E-state index contributed by atoms with van der Waals surface area (Å²) in [5.74, 6) is 0.414. The predicted octanol–water partition coefficient (Wildman–Crippen LogP) is 5.35. The van der Waals surface area contributed by atoms with Crippen molar-refractivity contribution in [2.75, 3.05) is 5.32 Å². The molecule has 24 heavy (non-hydrogen) atoms. The Morgan fingerprint density at radius 3 is 2.58 bits per heavy atom. The molecule has 0 spiro atoms. The number of anilines is 1. The van der Waals surface area contributed by atoms with Crippen molar-refractivity contribution in [3.63, 3.8) is 0 Å². The second kappa shape index (κ2) is 6.52. The zero-order valence-corrected chi connectivity index (χ0v) is 14.6. The minimum Gasteiger partial charge on any atom is -0.464 e. The van der Waals surface area contributed by atoms with Crippen LogP contribution in [0.25, 0.3) is 11.0 Å². The molecular formula is C21H23NO2. The van der Waals surface area contributed by atoms with Crippen molar-refractivity contribution < 1.29 is 9.21 Å². The summed E-state index contributed by atoms with van der Waals surface area (Å²) >= 11 is 0. The predicted molar refractivity (Wildman–Crippen MR) is 98.6 cm³/mol. The average Bonchev–Trinajstić information content (AvgIpc) is 2.90. The van der Waals surface area contributed by atoms with Gasteiger partial charge in [0.2, 0.25) is 5.91 Å². The minimum absolute atomic E-state index is 0.0290. The van der Waals surface area contributed by atoms with E-state index in [9.17, 15) is 4.79 Å². The fourth-order valence-corrected chi connectivity index (χ4v) is 3.08. The highest BCUT2D eigenvalue weighted by Gasteiger charge is 2.14. The molecule has 1 aromatic heterocycles. The number of fused-ring (bicyclic) bond motifs is 1. The first kappa shape index (κ1) is 16.3. The van der Waals surface area contributed by atoms with Gasteiger partial charge in [0.15, 0.2) is 0 Å². The lowest BCUT2D eigenvalue weighted by Gasteiger charge is -2.10. The molecule has 3 rings (SSSR count). The molecule has 0 aliphatic carbocycles. The van der Waals surface area contributed by atoms with Crippen LogP contribution in [-0.2, 0) is 11.2 Å². The van der Waals surface area contributed by atoms with Gasteiger partial charge < -0.3 is 9.73 Å². The second-order valence-corrected chi connectivity index (χ2v) is 6.66. The summed E-state index contributed by atoms with van der Waals surface area (Å²) in [7, 11) is 0. The molecule has 2 aromatic carbocycles. The number of hydrogen-bond acceptors (Lipinski definition) is 2. The lowest BCUT2D eigenvalue weighted by atomic mass is 9.95. The summed E-state index contributed by atoms with van der Waals surface area (Å²) in [5.41, 5.74) is 6.20. The molecule has 124 valence electrons. The summed E-state index contributed by atoms with van der Waals surface area (Å²) in [6, 6.07) is 12.0. The number of furan rings is 1. The number of aryl methyl sites for hydroxylation is 2. The van der Waals surface area contributed by atoms with Crippen LogP contribution in [0.1, 0.15) is 42.0 Å². The van der Waals surface area contributed by atoms with Crippen LogP contribution in [0.15, 0.2) is 47.1 Å². The van der Waals surface area contributed by atoms with Crippen molar-refractivity contribution in [1.29, 1.82) is 0 Å². The molecule has 0 aliphatic rings. The van der Waals surface area contributed by atoms with Gasteiger partial charge in [-0.25, -0.2) is 0 Å². The highest BCUT2D eigenvalue weighted by Crippen LogP contribution is 2.29. The lowest BCUT2D eigenvalue weighted by Crippen LogP contribution is -2.14. The van der Waals surface area contributed by atoms with Gasteiger partial charge in [0, 0.05) is 16.6 Å². The summed E-state index contributed by atoms with van der Waals surface area (Å²) in [6.07, 6.45) is 2.01. The molecule has 3 aromatic rings. The molecule has 1 N–H and O–H groups in total. The Morgan fingerprint density at radius 1 is 1.12 bits per heavy atom. The van der Waals surface area contributed by atoms with Gasteiger partial charge in [-0.3, -0.25) is 4.79 Å². The van der Waals surface area contributed by atoms with E-state index in [1.165, 1.54) is 11.1 Å². The standard InChI is InChI=1S/C21H23NO2/c1-13(2)17-11-18-16(12-24-20(18)9-15(17)4)10-21(23)22-19-8-6-5-7-14(19)3/h5-9,11-13H,10H2,1-4H3,(H,22,23). The van der Waals surface area contributed by atoms with Crippen LogP contribution >= 0.6 is 0 Å². The van der Waals surface area contributed by atoms with Crippen LogP contribution in [0.4, 0.5) is 5.69 Å². The third kappa shape index (κ3) is 3.21. The Morgan fingerprint density at radius 2 is 1.88 bits per heavy atom. The maximum Gasteiger partial charge on any atom is 0.228 e. The minimum atomic E-state index is -0.0290. The molecule has 0 aliphatic heterocycles. The summed E-state index contributed by atoms with van der Waals surface area (Å²) in [5, 5.41) is 4.01. The Balaban J connectivity index is 1.86. The van der Waals surface area contributed by atoms with Gasteiger partial charge in [0.05, 0.1) is 12.7 Å². The SMILES string of the molecule is Cc1ccccc1NC(=O)Cc1coc2cc(C)c(C(C)C)cc12. The van der Waals surface area contributed by atoms with Crippen molar-refractivity contribution in [3.8, 4) is 0 Å². The number of para-hydroxylation sites is 1. The van der Waals surface area contributed by atoms with E-state index in [0.29, 0.717) is 12.3 Å². The van der Waals surface area contributed by atoms with E-state index >= 15 is 0 Å². The Hall–Kier alpha value is -2.55. The summed E-state index contributed by atoms with van der Waals surface area (Å²) < 4.78 is 5.66. The topological polar surface area (TPSA) is 42.2 Å². The van der Waals surface area contributed by atoms with Crippen LogP contribution in [-0.4, -0.2) is 5.91 Å². The van der Waals surface area contributed by atoms with Crippen molar-refractivity contribution in [2.45, 2.75) is 40.0 Å². The van der Waals surface area contributed by atoms with Gasteiger partial charge in [-0.2, -0.15) is 0 Å². The van der Waals surface area contributed by atoms with Crippen LogP contribution < -0.4 is 5.32 Å². The molecule has 0 atom stereocenters. The van der Waals surface area contributed by atoms with Gasteiger partial charge >= 0.3 is 0 Å². The molecule has 0 bridgehead atoms. The normalized spacial score (nSPS) is 11.2. The maximum absolute atomic E-state index is 12.4. The molecule has 0 unspecified atom stereocenters.